The molecule has 0 N–H and O–H groups in total. The Morgan fingerprint density at radius 1 is 1.29 bits per heavy atom. The van der Waals surface area contributed by atoms with Gasteiger partial charge in [0.05, 0.1) is 12.3 Å². The maximum Gasteiger partial charge on any atom is 0.180 e. The first-order valence-electron chi connectivity index (χ1n) is 5.01. The van der Waals surface area contributed by atoms with Gasteiger partial charge < -0.3 is 4.74 Å². The van der Waals surface area contributed by atoms with Crippen LogP contribution >= 0.6 is 11.6 Å². The Bertz CT molecular complexity index is 533. The van der Waals surface area contributed by atoms with Gasteiger partial charge >= 0.3 is 0 Å². The smallest absolute Gasteiger partial charge is 0.180 e. The third kappa shape index (κ3) is 2.95. The minimum absolute atomic E-state index is 0.373. The van der Waals surface area contributed by atoms with Gasteiger partial charge in [-0.3, -0.25) is 0 Å². The van der Waals surface area contributed by atoms with Crippen LogP contribution in [0.25, 0.3) is 11.5 Å². The van der Waals surface area contributed by atoms with Crippen LogP contribution < -0.4 is 0 Å². The van der Waals surface area contributed by atoms with Crippen molar-refractivity contribution in [2.45, 2.75) is 13.5 Å². The predicted molar refractivity (Wildman–Crippen MR) is 63.5 cm³/mol. The monoisotopic (exact) mass is 250 g/mol. The molecule has 2 heterocycles. The minimum atomic E-state index is 0.373. The number of hydrogen-bond donors (Lipinski definition) is 0. The van der Waals surface area contributed by atoms with Crippen molar-refractivity contribution in [3.8, 4) is 11.5 Å². The van der Waals surface area contributed by atoms with Crippen molar-refractivity contribution in [2.75, 3.05) is 7.11 Å². The zero-order chi connectivity index (χ0) is 12.3. The summed E-state index contributed by atoms with van der Waals surface area (Å²) in [5.41, 5.74) is 1.37. The highest BCUT2D eigenvalue weighted by molar-refractivity contribution is 6.29. The molecule has 0 saturated heterocycles. The molecule has 0 amide bonds. The van der Waals surface area contributed by atoms with E-state index in [-0.39, 0.29) is 0 Å². The van der Waals surface area contributed by atoms with Crippen LogP contribution in [0.15, 0.2) is 18.3 Å². The first-order valence-corrected chi connectivity index (χ1v) is 5.39. The highest BCUT2D eigenvalue weighted by atomic mass is 35.5. The van der Waals surface area contributed by atoms with Crippen molar-refractivity contribution in [3.63, 3.8) is 0 Å². The van der Waals surface area contributed by atoms with Crippen LogP contribution in [0, 0.1) is 6.92 Å². The van der Waals surface area contributed by atoms with Gasteiger partial charge in [-0.15, -0.1) is 0 Å². The molecular formula is C11H11ClN4O. The van der Waals surface area contributed by atoms with E-state index in [1.807, 2.05) is 6.92 Å². The van der Waals surface area contributed by atoms with Gasteiger partial charge in [-0.2, -0.15) is 0 Å². The average molecular weight is 251 g/mol. The molecule has 0 unspecified atom stereocenters. The molecule has 0 aromatic carbocycles. The van der Waals surface area contributed by atoms with E-state index in [1.165, 1.54) is 0 Å². The molecule has 0 radical (unpaired) electrons. The van der Waals surface area contributed by atoms with Crippen LogP contribution in [0.1, 0.15) is 11.5 Å². The van der Waals surface area contributed by atoms with E-state index in [2.05, 4.69) is 19.9 Å². The molecule has 0 saturated carbocycles. The second-order valence-electron chi connectivity index (χ2n) is 3.43. The maximum absolute atomic E-state index is 5.93. The SMILES string of the molecule is COCc1cc(Cl)nc(-c2ccnc(C)n2)n1. The number of rotatable bonds is 3. The fourth-order valence-electron chi connectivity index (χ4n) is 1.38. The molecule has 0 aliphatic carbocycles. The second kappa shape index (κ2) is 5.16. The van der Waals surface area contributed by atoms with Crippen molar-refractivity contribution >= 4 is 11.6 Å². The molecule has 6 heteroatoms. The standard InChI is InChI=1S/C11H11ClN4O/c1-7-13-4-3-9(14-7)11-15-8(6-17-2)5-10(12)16-11/h3-5H,6H2,1-2H3. The van der Waals surface area contributed by atoms with E-state index in [0.29, 0.717) is 29.1 Å². The summed E-state index contributed by atoms with van der Waals surface area (Å²) < 4.78 is 5.02. The quantitative estimate of drug-likeness (QED) is 0.780. The molecule has 2 aromatic heterocycles. The summed E-state index contributed by atoms with van der Waals surface area (Å²) in [6, 6.07) is 3.41. The van der Waals surface area contributed by atoms with E-state index in [0.717, 1.165) is 5.69 Å². The van der Waals surface area contributed by atoms with Gasteiger partial charge in [0.25, 0.3) is 0 Å². The minimum Gasteiger partial charge on any atom is -0.378 e. The van der Waals surface area contributed by atoms with Crippen molar-refractivity contribution in [1.29, 1.82) is 0 Å². The molecule has 0 bridgehead atoms. The highest BCUT2D eigenvalue weighted by Crippen LogP contribution is 2.16. The Labute approximate surface area is 104 Å². The van der Waals surface area contributed by atoms with Crippen molar-refractivity contribution < 1.29 is 4.74 Å². The second-order valence-corrected chi connectivity index (χ2v) is 3.81. The summed E-state index contributed by atoms with van der Waals surface area (Å²) >= 11 is 5.93. The molecular weight excluding hydrogens is 240 g/mol. The summed E-state index contributed by atoms with van der Waals surface area (Å²) in [6.45, 7) is 2.20. The van der Waals surface area contributed by atoms with E-state index < -0.39 is 0 Å². The van der Waals surface area contributed by atoms with Gasteiger partial charge in [0.2, 0.25) is 0 Å². The molecule has 0 aliphatic rings. The highest BCUT2D eigenvalue weighted by Gasteiger charge is 2.07. The van der Waals surface area contributed by atoms with Crippen molar-refractivity contribution in [2.24, 2.45) is 0 Å². The predicted octanol–water partition coefficient (Wildman–Crippen LogP) is 2.04. The molecule has 0 atom stereocenters. The van der Waals surface area contributed by atoms with E-state index in [4.69, 9.17) is 16.3 Å². The molecule has 88 valence electrons. The number of hydrogen-bond acceptors (Lipinski definition) is 5. The van der Waals surface area contributed by atoms with Crippen LogP contribution in [0.4, 0.5) is 0 Å². The van der Waals surface area contributed by atoms with Crippen molar-refractivity contribution in [1.82, 2.24) is 19.9 Å². The first kappa shape index (κ1) is 11.9. The summed E-state index contributed by atoms with van der Waals surface area (Å²) in [6.07, 6.45) is 1.66. The number of nitrogens with zero attached hydrogens (tertiary/aromatic N) is 4. The molecule has 0 fully saturated rings. The van der Waals surface area contributed by atoms with E-state index >= 15 is 0 Å². The molecule has 2 aromatic rings. The molecule has 0 spiro atoms. The fourth-order valence-corrected chi connectivity index (χ4v) is 1.59. The first-order chi connectivity index (χ1) is 8.19. The Morgan fingerprint density at radius 2 is 2.12 bits per heavy atom. The van der Waals surface area contributed by atoms with Crippen LogP contribution in [0.3, 0.4) is 0 Å². The zero-order valence-electron chi connectivity index (χ0n) is 9.51. The van der Waals surface area contributed by atoms with E-state index in [1.54, 1.807) is 25.4 Å². The summed E-state index contributed by atoms with van der Waals surface area (Å²) in [4.78, 5) is 16.7. The van der Waals surface area contributed by atoms with Crippen molar-refractivity contribution in [3.05, 3.63) is 35.0 Å². The van der Waals surface area contributed by atoms with Crippen LogP contribution in [-0.2, 0) is 11.3 Å². The number of methoxy groups -OCH3 is 1. The molecule has 17 heavy (non-hydrogen) atoms. The number of aromatic nitrogens is 4. The summed E-state index contributed by atoms with van der Waals surface area (Å²) in [7, 11) is 1.60. The molecule has 5 nitrogen and oxygen atoms in total. The van der Waals surface area contributed by atoms with Crippen LogP contribution in [0.5, 0.6) is 0 Å². The average Bonchev–Trinajstić information content (AvgIpc) is 2.28. The number of aryl methyl sites for hydroxylation is 1. The third-order valence-corrected chi connectivity index (χ3v) is 2.24. The normalized spacial score (nSPS) is 10.5. The summed E-state index contributed by atoms with van der Waals surface area (Å²) in [5.74, 6) is 1.15. The number of ether oxygens (including phenoxy) is 1. The van der Waals surface area contributed by atoms with Crippen LogP contribution in [0.2, 0.25) is 5.15 Å². The maximum atomic E-state index is 5.93. The Hall–Kier alpha value is -1.59. The lowest BCUT2D eigenvalue weighted by Gasteiger charge is -2.04. The van der Waals surface area contributed by atoms with Gasteiger partial charge in [-0.25, -0.2) is 19.9 Å². The lowest BCUT2D eigenvalue weighted by Crippen LogP contribution is -2.00. The summed E-state index contributed by atoms with van der Waals surface area (Å²) in [5, 5.41) is 0.373. The lowest BCUT2D eigenvalue weighted by molar-refractivity contribution is 0.181. The van der Waals surface area contributed by atoms with Gasteiger partial charge in [-0.1, -0.05) is 11.6 Å². The largest absolute Gasteiger partial charge is 0.378 e. The lowest BCUT2D eigenvalue weighted by atomic mass is 10.3. The number of halogens is 1. The topological polar surface area (TPSA) is 60.8 Å². The third-order valence-electron chi connectivity index (χ3n) is 2.05. The van der Waals surface area contributed by atoms with Gasteiger partial charge in [0.15, 0.2) is 5.82 Å². The molecule has 2 rings (SSSR count). The molecule has 0 aliphatic heterocycles. The fraction of sp³-hybridized carbons (Fsp3) is 0.273. The Kier molecular flexibility index (Phi) is 3.61. The zero-order valence-corrected chi connectivity index (χ0v) is 10.3. The van der Waals surface area contributed by atoms with Gasteiger partial charge in [-0.05, 0) is 19.1 Å². The van der Waals surface area contributed by atoms with Crippen LogP contribution in [-0.4, -0.2) is 27.0 Å². The van der Waals surface area contributed by atoms with Gasteiger partial charge in [0.1, 0.15) is 16.7 Å². The van der Waals surface area contributed by atoms with Gasteiger partial charge in [0, 0.05) is 13.3 Å². The Morgan fingerprint density at radius 3 is 2.82 bits per heavy atom. The van der Waals surface area contributed by atoms with E-state index in [9.17, 15) is 0 Å². The Balaban J connectivity index is 2.44.